The molecule has 1 aliphatic rings. The van der Waals surface area contributed by atoms with Crippen molar-refractivity contribution in [1.82, 2.24) is 5.32 Å². The van der Waals surface area contributed by atoms with Crippen LogP contribution in [-0.4, -0.2) is 34.8 Å². The molecular weight excluding hydrogens is 184 g/mol. The molecule has 13 heavy (non-hydrogen) atoms. The molecule has 0 heterocycles. The third-order valence-electron chi connectivity index (χ3n) is 2.54. The molecule has 0 aromatic heterocycles. The monoisotopic (exact) mass is 204 g/mol. The second-order valence-electron chi connectivity index (χ2n) is 3.86. The zero-order valence-electron chi connectivity index (χ0n) is 8.29. The van der Waals surface area contributed by atoms with Crippen LogP contribution in [0.25, 0.3) is 0 Å². The van der Waals surface area contributed by atoms with Gasteiger partial charge in [-0.15, -0.1) is 0 Å². The molecule has 3 N–H and O–H groups in total. The first-order valence-corrected chi connectivity index (χ1v) is 6.70. The Morgan fingerprint density at radius 3 is 2.92 bits per heavy atom. The van der Waals surface area contributed by atoms with Crippen molar-refractivity contribution in [3.63, 3.8) is 0 Å². The fourth-order valence-electron chi connectivity index (χ4n) is 1.82. The fraction of sp³-hybridized carbons (Fsp3) is 1.00. The second-order valence-corrected chi connectivity index (χ2v) is 5.41. The van der Waals surface area contributed by atoms with Crippen LogP contribution in [0.2, 0.25) is 0 Å². The highest BCUT2D eigenvalue weighted by Crippen LogP contribution is 2.16. The molecular formula is C9H20N2OS. The summed E-state index contributed by atoms with van der Waals surface area (Å²) in [5.74, 6) is 0.756. The molecule has 0 amide bonds. The summed E-state index contributed by atoms with van der Waals surface area (Å²) in [4.78, 5) is 0. The van der Waals surface area contributed by atoms with Crippen LogP contribution in [0.15, 0.2) is 0 Å². The predicted molar refractivity (Wildman–Crippen MR) is 57.2 cm³/mol. The van der Waals surface area contributed by atoms with Gasteiger partial charge in [-0.05, 0) is 19.3 Å². The molecule has 1 aliphatic carbocycles. The van der Waals surface area contributed by atoms with Crippen LogP contribution in [0.1, 0.15) is 25.7 Å². The van der Waals surface area contributed by atoms with Gasteiger partial charge in [0.15, 0.2) is 0 Å². The third-order valence-corrected chi connectivity index (χ3v) is 3.32. The minimum Gasteiger partial charge on any atom is -0.328 e. The fourth-order valence-corrected chi connectivity index (χ4v) is 2.23. The van der Waals surface area contributed by atoms with Gasteiger partial charge in [0.1, 0.15) is 0 Å². The summed E-state index contributed by atoms with van der Waals surface area (Å²) >= 11 is 0. The van der Waals surface area contributed by atoms with Crippen molar-refractivity contribution < 1.29 is 4.21 Å². The van der Waals surface area contributed by atoms with E-state index >= 15 is 0 Å². The standard InChI is InChI=1S/C9H20N2OS/c1-13(12)6-5-11-9-4-2-3-8(10)7-9/h8-9,11H,2-7,10H2,1H3. The summed E-state index contributed by atoms with van der Waals surface area (Å²) in [5, 5.41) is 3.41. The number of nitrogens with two attached hydrogens (primary N) is 1. The van der Waals surface area contributed by atoms with Crippen molar-refractivity contribution in [2.45, 2.75) is 37.8 Å². The van der Waals surface area contributed by atoms with E-state index in [0.29, 0.717) is 12.1 Å². The lowest BCUT2D eigenvalue weighted by atomic mass is 9.92. The Balaban J connectivity index is 2.10. The van der Waals surface area contributed by atoms with E-state index in [1.165, 1.54) is 12.8 Å². The molecule has 1 saturated carbocycles. The molecule has 0 bridgehead atoms. The van der Waals surface area contributed by atoms with Gasteiger partial charge in [-0.3, -0.25) is 4.21 Å². The lowest BCUT2D eigenvalue weighted by Crippen LogP contribution is -2.40. The first kappa shape index (κ1) is 11.1. The molecule has 0 aliphatic heterocycles. The van der Waals surface area contributed by atoms with Crippen molar-refractivity contribution in [2.75, 3.05) is 18.6 Å². The van der Waals surface area contributed by atoms with Crippen LogP contribution in [0.4, 0.5) is 0 Å². The lowest BCUT2D eigenvalue weighted by Gasteiger charge is -2.27. The van der Waals surface area contributed by atoms with Gasteiger partial charge in [0.25, 0.3) is 0 Å². The van der Waals surface area contributed by atoms with Crippen molar-refractivity contribution in [3.8, 4) is 0 Å². The van der Waals surface area contributed by atoms with Crippen molar-refractivity contribution in [1.29, 1.82) is 0 Å². The van der Waals surface area contributed by atoms with E-state index in [-0.39, 0.29) is 0 Å². The van der Waals surface area contributed by atoms with Crippen molar-refractivity contribution in [2.24, 2.45) is 5.73 Å². The summed E-state index contributed by atoms with van der Waals surface area (Å²) < 4.78 is 10.8. The summed E-state index contributed by atoms with van der Waals surface area (Å²) in [6, 6.07) is 0.936. The molecule has 3 atom stereocenters. The van der Waals surface area contributed by atoms with Gasteiger partial charge in [-0.25, -0.2) is 0 Å². The minimum absolute atomic E-state index is 0.373. The maximum absolute atomic E-state index is 10.8. The average molecular weight is 204 g/mol. The molecule has 0 saturated heterocycles. The maximum atomic E-state index is 10.8. The van der Waals surface area contributed by atoms with Crippen LogP contribution in [0.5, 0.6) is 0 Å². The van der Waals surface area contributed by atoms with Crippen LogP contribution in [-0.2, 0) is 10.8 Å². The van der Waals surface area contributed by atoms with Gasteiger partial charge in [0, 0.05) is 41.4 Å². The molecule has 0 aromatic rings. The van der Waals surface area contributed by atoms with Crippen LogP contribution >= 0.6 is 0 Å². The Morgan fingerprint density at radius 1 is 1.54 bits per heavy atom. The van der Waals surface area contributed by atoms with Crippen molar-refractivity contribution >= 4 is 10.8 Å². The first-order valence-electron chi connectivity index (χ1n) is 4.97. The van der Waals surface area contributed by atoms with E-state index in [2.05, 4.69) is 5.32 Å². The Labute approximate surface area is 82.9 Å². The molecule has 4 heteroatoms. The van der Waals surface area contributed by atoms with Gasteiger partial charge >= 0.3 is 0 Å². The van der Waals surface area contributed by atoms with Gasteiger partial charge in [-0.1, -0.05) is 6.42 Å². The molecule has 78 valence electrons. The lowest BCUT2D eigenvalue weighted by molar-refractivity contribution is 0.345. The van der Waals surface area contributed by atoms with Crippen LogP contribution in [0, 0.1) is 0 Å². The number of nitrogens with one attached hydrogen (secondary N) is 1. The number of hydrogen-bond acceptors (Lipinski definition) is 3. The number of hydrogen-bond donors (Lipinski definition) is 2. The Kier molecular flexibility index (Phi) is 4.91. The topological polar surface area (TPSA) is 55.1 Å². The quantitative estimate of drug-likeness (QED) is 0.689. The largest absolute Gasteiger partial charge is 0.328 e. The van der Waals surface area contributed by atoms with Gasteiger partial charge in [-0.2, -0.15) is 0 Å². The summed E-state index contributed by atoms with van der Waals surface area (Å²) in [5.41, 5.74) is 5.86. The van der Waals surface area contributed by atoms with Gasteiger partial charge < -0.3 is 11.1 Å². The highest BCUT2D eigenvalue weighted by atomic mass is 32.2. The molecule has 3 unspecified atom stereocenters. The smallest absolute Gasteiger partial charge is 0.0357 e. The molecule has 1 fully saturated rings. The molecule has 0 radical (unpaired) electrons. The molecule has 1 rings (SSSR count). The highest BCUT2D eigenvalue weighted by molar-refractivity contribution is 7.84. The molecule has 3 nitrogen and oxygen atoms in total. The van der Waals surface area contributed by atoms with E-state index in [0.717, 1.165) is 25.1 Å². The van der Waals surface area contributed by atoms with Crippen LogP contribution < -0.4 is 11.1 Å². The average Bonchev–Trinajstić information content (AvgIpc) is 2.03. The predicted octanol–water partition coefficient (Wildman–Crippen LogP) is 0.224. The van der Waals surface area contributed by atoms with E-state index in [1.807, 2.05) is 0 Å². The Hall–Kier alpha value is 0.0700. The zero-order valence-corrected chi connectivity index (χ0v) is 9.11. The SMILES string of the molecule is CS(=O)CCNC1CCCC(N)C1. The maximum Gasteiger partial charge on any atom is 0.0357 e. The van der Waals surface area contributed by atoms with Crippen LogP contribution in [0.3, 0.4) is 0 Å². The van der Waals surface area contributed by atoms with Gasteiger partial charge in [0.2, 0.25) is 0 Å². The summed E-state index contributed by atoms with van der Waals surface area (Å²) in [6.45, 7) is 0.862. The third kappa shape index (κ3) is 4.74. The minimum atomic E-state index is -0.672. The normalized spacial score (nSPS) is 31.5. The van der Waals surface area contributed by atoms with Crippen molar-refractivity contribution in [3.05, 3.63) is 0 Å². The number of rotatable bonds is 4. The first-order chi connectivity index (χ1) is 6.18. The molecule has 0 spiro atoms. The molecule has 0 aromatic carbocycles. The van der Waals surface area contributed by atoms with E-state index < -0.39 is 10.8 Å². The van der Waals surface area contributed by atoms with E-state index in [9.17, 15) is 4.21 Å². The summed E-state index contributed by atoms with van der Waals surface area (Å²) in [7, 11) is -0.672. The second kappa shape index (κ2) is 5.73. The zero-order chi connectivity index (χ0) is 9.68. The highest BCUT2D eigenvalue weighted by Gasteiger charge is 2.17. The Morgan fingerprint density at radius 2 is 2.31 bits per heavy atom. The van der Waals surface area contributed by atoms with E-state index in [1.54, 1.807) is 6.26 Å². The van der Waals surface area contributed by atoms with Gasteiger partial charge in [0.05, 0.1) is 0 Å². The summed E-state index contributed by atoms with van der Waals surface area (Å²) in [6.07, 6.45) is 6.45. The van der Waals surface area contributed by atoms with E-state index in [4.69, 9.17) is 5.73 Å². The Bertz CT molecular complexity index is 175.